The summed E-state index contributed by atoms with van der Waals surface area (Å²) in [5.74, 6) is 0.350. The van der Waals surface area contributed by atoms with Crippen LogP contribution in [0.5, 0.6) is 0 Å². The number of hydrogen-bond acceptors (Lipinski definition) is 4. The second kappa shape index (κ2) is 16.2. The normalized spacial score (nSPS) is 10.3. The van der Waals surface area contributed by atoms with E-state index in [0.717, 1.165) is 18.2 Å². The molecule has 6 rings (SSSR count). The molecule has 1 amide bonds. The van der Waals surface area contributed by atoms with Crippen LogP contribution in [-0.2, 0) is 4.74 Å². The number of halogens is 6. The van der Waals surface area contributed by atoms with Crippen LogP contribution >= 0.6 is 0 Å². The molecule has 0 bridgehead atoms. The fraction of sp³-hybridized carbons (Fsp3) is 0.118. The Morgan fingerprint density at radius 3 is 1.53 bits per heavy atom. The van der Waals surface area contributed by atoms with Gasteiger partial charge in [-0.05, 0) is 71.8 Å². The summed E-state index contributed by atoms with van der Waals surface area (Å²) in [6.07, 6.45) is 0.524. The maximum atomic E-state index is 13.9. The van der Waals surface area contributed by atoms with Crippen molar-refractivity contribution in [3.63, 3.8) is 0 Å². The van der Waals surface area contributed by atoms with Crippen molar-refractivity contribution in [3.8, 4) is 22.5 Å². The number of fused-ring (bicyclic) bond motifs is 2. The molecular formula is C34H30F6N4O3. The fourth-order valence-corrected chi connectivity index (χ4v) is 4.57. The Morgan fingerprint density at radius 1 is 0.681 bits per heavy atom. The number of amides is 1. The molecule has 5 N–H and O–H groups in total. The van der Waals surface area contributed by atoms with Crippen molar-refractivity contribution in [2.24, 2.45) is 5.84 Å². The van der Waals surface area contributed by atoms with E-state index < -0.39 is 40.8 Å². The van der Waals surface area contributed by atoms with Gasteiger partial charge in [0.2, 0.25) is 0 Å². The standard InChI is InChI=1S/C15H10F3N3O.C15H8F3NO.C2H6O.C2H6/c16-8-3-1-7(2-4-8)13-12(15(22)21-19)10-5-9(17)6-11(18)14(10)20-13;16-9-3-1-8(2-4-9)14-12(7-20)11-5-10(17)6-13(18)15(11)19-14;1-3-2;1-2/h1-6,20H,19H2,(H,21,22);1-7,19H;1-2H3;1-2H3. The van der Waals surface area contributed by atoms with Crippen molar-refractivity contribution in [1.82, 2.24) is 15.4 Å². The summed E-state index contributed by atoms with van der Waals surface area (Å²) in [6.45, 7) is 4.00. The highest BCUT2D eigenvalue weighted by Crippen LogP contribution is 2.33. The van der Waals surface area contributed by atoms with E-state index in [1.54, 1.807) is 14.2 Å². The number of hydrogen-bond donors (Lipinski definition) is 4. The van der Waals surface area contributed by atoms with Crippen molar-refractivity contribution >= 4 is 34.0 Å². The molecule has 0 atom stereocenters. The molecule has 2 heterocycles. The molecule has 2 aromatic heterocycles. The van der Waals surface area contributed by atoms with Gasteiger partial charge in [-0.1, -0.05) is 13.8 Å². The van der Waals surface area contributed by atoms with Gasteiger partial charge in [0, 0.05) is 42.7 Å². The third-order valence-electron chi connectivity index (χ3n) is 6.43. The Bertz CT molecular complexity index is 1990. The summed E-state index contributed by atoms with van der Waals surface area (Å²) in [7, 11) is 3.25. The molecule has 13 heteroatoms. The second-order valence-corrected chi connectivity index (χ2v) is 9.42. The summed E-state index contributed by atoms with van der Waals surface area (Å²) in [5, 5.41) is 0.219. The number of rotatable bonds is 4. The van der Waals surface area contributed by atoms with Crippen LogP contribution in [0.2, 0.25) is 0 Å². The minimum Gasteiger partial charge on any atom is -0.388 e. The Balaban J connectivity index is 0.000000226. The first-order chi connectivity index (χ1) is 22.5. The minimum atomic E-state index is -0.838. The van der Waals surface area contributed by atoms with Crippen LogP contribution in [0, 0.1) is 34.9 Å². The smallest absolute Gasteiger partial charge is 0.268 e. The van der Waals surface area contributed by atoms with E-state index in [2.05, 4.69) is 14.7 Å². The van der Waals surface area contributed by atoms with Crippen LogP contribution in [0.1, 0.15) is 34.6 Å². The number of aldehydes is 1. The van der Waals surface area contributed by atoms with Crippen LogP contribution in [0.15, 0.2) is 72.8 Å². The molecule has 0 radical (unpaired) electrons. The van der Waals surface area contributed by atoms with Crippen LogP contribution < -0.4 is 11.3 Å². The topological polar surface area (TPSA) is 113 Å². The van der Waals surface area contributed by atoms with E-state index >= 15 is 0 Å². The van der Waals surface area contributed by atoms with E-state index in [4.69, 9.17) is 5.84 Å². The number of aromatic nitrogens is 2. The van der Waals surface area contributed by atoms with Gasteiger partial charge in [-0.15, -0.1) is 0 Å². The van der Waals surface area contributed by atoms with E-state index in [1.807, 2.05) is 19.3 Å². The van der Waals surface area contributed by atoms with Gasteiger partial charge in [0.15, 0.2) is 6.29 Å². The quantitative estimate of drug-likeness (QED) is 0.0504. The molecule has 0 unspecified atom stereocenters. The minimum absolute atomic E-state index is 0.0116. The summed E-state index contributed by atoms with van der Waals surface area (Å²) in [5.41, 5.74) is 3.61. The third kappa shape index (κ3) is 8.07. The molecule has 0 aliphatic heterocycles. The Morgan fingerprint density at radius 2 is 1.09 bits per heavy atom. The predicted octanol–water partition coefficient (Wildman–Crippen LogP) is 8.21. The number of nitrogens with two attached hydrogens (primary N) is 1. The predicted molar refractivity (Wildman–Crippen MR) is 169 cm³/mol. The molecule has 0 fully saturated rings. The number of carbonyl (C=O) groups excluding carboxylic acids is 2. The van der Waals surface area contributed by atoms with Crippen LogP contribution in [0.3, 0.4) is 0 Å². The zero-order chi connectivity index (χ0) is 34.8. The van der Waals surface area contributed by atoms with Gasteiger partial charge in [0.25, 0.3) is 5.91 Å². The lowest BCUT2D eigenvalue weighted by Gasteiger charge is -2.04. The van der Waals surface area contributed by atoms with Crippen LogP contribution in [0.4, 0.5) is 26.3 Å². The van der Waals surface area contributed by atoms with E-state index in [0.29, 0.717) is 29.2 Å². The summed E-state index contributed by atoms with van der Waals surface area (Å²) < 4.78 is 84.5. The highest BCUT2D eigenvalue weighted by Gasteiger charge is 2.22. The fourth-order valence-electron chi connectivity index (χ4n) is 4.57. The van der Waals surface area contributed by atoms with Crippen LogP contribution in [-0.4, -0.2) is 36.4 Å². The highest BCUT2D eigenvalue weighted by molar-refractivity contribution is 6.12. The maximum Gasteiger partial charge on any atom is 0.268 e. The van der Waals surface area contributed by atoms with E-state index in [-0.39, 0.29) is 38.6 Å². The number of hydrazine groups is 1. The highest BCUT2D eigenvalue weighted by atomic mass is 19.2. The van der Waals surface area contributed by atoms with Crippen LogP contribution in [0.25, 0.3) is 44.3 Å². The zero-order valence-corrected chi connectivity index (χ0v) is 25.6. The number of aromatic amines is 2. The largest absolute Gasteiger partial charge is 0.388 e. The van der Waals surface area contributed by atoms with Crippen molar-refractivity contribution in [3.05, 3.63) is 119 Å². The first-order valence-electron chi connectivity index (χ1n) is 13.9. The SMILES string of the molecule is CC.COC.NNC(=O)c1c(-c2ccc(F)cc2)[nH]c2c(F)cc(F)cc12.O=Cc1c(-c2ccc(F)cc2)[nH]c2c(F)cc(F)cc12. The Kier molecular flexibility index (Phi) is 12.5. The average Bonchev–Trinajstić information content (AvgIpc) is 3.62. The number of nitrogen functional groups attached to an aromatic ring is 1. The zero-order valence-electron chi connectivity index (χ0n) is 25.6. The summed E-state index contributed by atoms with van der Waals surface area (Å²) >= 11 is 0. The molecular weight excluding hydrogens is 626 g/mol. The van der Waals surface area contributed by atoms with Gasteiger partial charge in [0.1, 0.15) is 34.9 Å². The maximum absolute atomic E-state index is 13.9. The van der Waals surface area contributed by atoms with Gasteiger partial charge < -0.3 is 14.7 Å². The molecule has 6 aromatic rings. The van der Waals surface area contributed by atoms with Gasteiger partial charge in [-0.25, -0.2) is 32.2 Å². The lowest BCUT2D eigenvalue weighted by Crippen LogP contribution is -2.30. The lowest BCUT2D eigenvalue weighted by atomic mass is 10.0. The number of methoxy groups -OCH3 is 1. The summed E-state index contributed by atoms with van der Waals surface area (Å²) in [4.78, 5) is 28.7. The van der Waals surface area contributed by atoms with Gasteiger partial charge in [-0.3, -0.25) is 15.0 Å². The number of nitrogens with one attached hydrogen (secondary N) is 3. The van der Waals surface area contributed by atoms with E-state index in [1.165, 1.54) is 48.5 Å². The number of H-pyrrole nitrogens is 2. The molecule has 0 aliphatic carbocycles. The molecule has 0 saturated heterocycles. The third-order valence-corrected chi connectivity index (χ3v) is 6.43. The lowest BCUT2D eigenvalue weighted by molar-refractivity contribution is 0.0955. The summed E-state index contributed by atoms with van der Waals surface area (Å²) in [6, 6.07) is 14.2. The molecule has 246 valence electrons. The first-order valence-corrected chi connectivity index (χ1v) is 13.9. The molecule has 0 aliphatic rings. The number of carbonyl (C=O) groups is 2. The second-order valence-electron chi connectivity index (χ2n) is 9.42. The van der Waals surface area contributed by atoms with E-state index in [9.17, 15) is 35.9 Å². The van der Waals surface area contributed by atoms with Crippen molar-refractivity contribution in [2.75, 3.05) is 14.2 Å². The average molecular weight is 657 g/mol. The monoisotopic (exact) mass is 656 g/mol. The molecule has 4 aromatic carbocycles. The van der Waals surface area contributed by atoms with Gasteiger partial charge >= 0.3 is 0 Å². The molecule has 7 nitrogen and oxygen atoms in total. The molecule has 47 heavy (non-hydrogen) atoms. The van der Waals surface area contributed by atoms with Gasteiger partial charge in [-0.2, -0.15) is 0 Å². The Hall–Kier alpha value is -5.40. The Labute approximate surface area is 265 Å². The molecule has 0 spiro atoms. The molecule has 0 saturated carbocycles. The number of ether oxygens (including phenoxy) is 1. The van der Waals surface area contributed by atoms with Crippen molar-refractivity contribution in [2.45, 2.75) is 13.8 Å². The van der Waals surface area contributed by atoms with Gasteiger partial charge in [0.05, 0.1) is 28.0 Å². The first kappa shape index (κ1) is 36.1. The number of benzene rings is 4. The van der Waals surface area contributed by atoms with Crippen molar-refractivity contribution < 1.29 is 40.7 Å². The van der Waals surface area contributed by atoms with Crippen molar-refractivity contribution in [1.29, 1.82) is 0 Å².